The lowest BCUT2D eigenvalue weighted by Gasteiger charge is -2.41. The number of hydrogen-bond acceptors (Lipinski definition) is 5. The van der Waals surface area contributed by atoms with E-state index in [0.29, 0.717) is 22.9 Å². The van der Waals surface area contributed by atoms with E-state index in [2.05, 4.69) is 0 Å². The second-order valence-corrected chi connectivity index (χ2v) is 11.9. The Bertz CT molecular complexity index is 1250. The van der Waals surface area contributed by atoms with Crippen LogP contribution in [-0.2, 0) is 20.6 Å². The Morgan fingerprint density at radius 2 is 1.71 bits per heavy atom. The molecule has 35 heavy (non-hydrogen) atoms. The number of halogens is 1. The van der Waals surface area contributed by atoms with Crippen LogP contribution in [0.3, 0.4) is 0 Å². The number of aliphatic carboxylic acids is 1. The number of benzene rings is 3. The fraction of sp³-hybridized carbons (Fsp3) is 0.269. The van der Waals surface area contributed by atoms with E-state index < -0.39 is 28.0 Å². The summed E-state index contributed by atoms with van der Waals surface area (Å²) in [7, 11) is -2.35. The quantitative estimate of drug-likeness (QED) is 0.414. The second kappa shape index (κ2) is 11.0. The van der Waals surface area contributed by atoms with Gasteiger partial charge < -0.3 is 9.84 Å². The van der Waals surface area contributed by atoms with Crippen molar-refractivity contribution in [2.75, 3.05) is 13.7 Å². The Morgan fingerprint density at radius 3 is 2.31 bits per heavy atom. The second-order valence-electron chi connectivity index (χ2n) is 8.33. The minimum Gasteiger partial charge on any atom is -0.497 e. The molecule has 1 fully saturated rings. The lowest BCUT2D eigenvalue weighted by molar-refractivity contribution is -0.143. The van der Waals surface area contributed by atoms with Crippen LogP contribution in [0.1, 0.15) is 23.6 Å². The van der Waals surface area contributed by atoms with Gasteiger partial charge in [0.25, 0.3) is 0 Å². The van der Waals surface area contributed by atoms with E-state index in [0.717, 1.165) is 11.1 Å². The van der Waals surface area contributed by atoms with Gasteiger partial charge in [0, 0.05) is 22.6 Å². The number of sulfonamides is 1. The smallest absolute Gasteiger partial charge is 0.308 e. The van der Waals surface area contributed by atoms with E-state index in [1.165, 1.54) is 28.2 Å². The zero-order chi connectivity index (χ0) is 25.0. The third-order valence-corrected chi connectivity index (χ3v) is 9.76. The van der Waals surface area contributed by atoms with E-state index >= 15 is 0 Å². The van der Waals surface area contributed by atoms with E-state index in [9.17, 15) is 18.3 Å². The van der Waals surface area contributed by atoms with Crippen molar-refractivity contribution in [3.05, 3.63) is 95.0 Å². The number of hydrogen-bond donors (Lipinski definition) is 1. The monoisotopic (exact) mass is 531 g/mol. The molecular formula is C26H26ClNO5S2. The maximum atomic E-state index is 13.7. The summed E-state index contributed by atoms with van der Waals surface area (Å²) in [6.07, 6.45) is 0.369. The number of carboxylic acid groups (broad SMARTS) is 1. The molecule has 0 unspecified atom stereocenters. The first-order valence-corrected chi connectivity index (χ1v) is 14.0. The fourth-order valence-electron chi connectivity index (χ4n) is 4.27. The predicted octanol–water partition coefficient (Wildman–Crippen LogP) is 5.49. The molecule has 6 nitrogen and oxygen atoms in total. The third-order valence-electron chi connectivity index (χ3n) is 6.17. The number of rotatable bonds is 8. The minimum atomic E-state index is -3.92. The maximum Gasteiger partial charge on any atom is 0.308 e. The molecule has 9 heteroatoms. The highest BCUT2D eigenvalue weighted by molar-refractivity contribution is 7.99. The van der Waals surface area contributed by atoms with Gasteiger partial charge in [0.05, 0.1) is 24.0 Å². The molecule has 0 bridgehead atoms. The SMILES string of the molecule is COc1ccc([C@@H]2C[C@@H](SCc3ccc(Cl)cc3)[C@H](C(=O)O)CN2S(=O)(=O)c2ccccc2)cc1. The molecule has 1 aliphatic rings. The predicted molar refractivity (Wildman–Crippen MR) is 138 cm³/mol. The summed E-state index contributed by atoms with van der Waals surface area (Å²) < 4.78 is 34.0. The van der Waals surface area contributed by atoms with Crippen LogP contribution in [0.2, 0.25) is 5.02 Å². The number of thioether (sulfide) groups is 1. The van der Waals surface area contributed by atoms with Crippen molar-refractivity contribution in [2.45, 2.75) is 28.4 Å². The van der Waals surface area contributed by atoms with Crippen LogP contribution in [0.25, 0.3) is 0 Å². The van der Waals surface area contributed by atoms with Crippen LogP contribution >= 0.6 is 23.4 Å². The Balaban J connectivity index is 1.68. The summed E-state index contributed by atoms with van der Waals surface area (Å²) in [5.74, 6) is -0.578. The van der Waals surface area contributed by atoms with Gasteiger partial charge in [0.15, 0.2) is 0 Å². The summed E-state index contributed by atoms with van der Waals surface area (Å²) in [5, 5.41) is 10.4. The number of ether oxygens (including phenoxy) is 1. The number of carboxylic acids is 1. The standard InChI is InChI=1S/C26H26ClNO5S2/c1-33-21-13-9-19(10-14-21)24-15-25(34-17-18-7-11-20(27)12-8-18)23(26(29)30)16-28(24)35(31,32)22-5-3-2-4-6-22/h2-14,23-25H,15-17H2,1H3,(H,29,30)/t23-,24+,25-/m1/s1. The molecule has 0 saturated carbocycles. The van der Waals surface area contributed by atoms with Crippen molar-refractivity contribution in [2.24, 2.45) is 5.92 Å². The van der Waals surface area contributed by atoms with E-state index in [1.54, 1.807) is 49.6 Å². The van der Waals surface area contributed by atoms with Crippen LogP contribution in [0.15, 0.2) is 83.8 Å². The summed E-state index contributed by atoms with van der Waals surface area (Å²) in [5.41, 5.74) is 1.83. The molecule has 4 rings (SSSR count). The van der Waals surface area contributed by atoms with Gasteiger partial charge in [-0.25, -0.2) is 8.42 Å². The van der Waals surface area contributed by atoms with Crippen LogP contribution in [-0.4, -0.2) is 42.7 Å². The Hall–Kier alpha value is -2.52. The Kier molecular flexibility index (Phi) is 8.06. The largest absolute Gasteiger partial charge is 0.497 e. The van der Waals surface area contributed by atoms with Gasteiger partial charge in [0.1, 0.15) is 5.75 Å². The molecule has 1 saturated heterocycles. The van der Waals surface area contributed by atoms with Crippen LogP contribution < -0.4 is 4.74 Å². The third kappa shape index (κ3) is 5.83. The van der Waals surface area contributed by atoms with Crippen molar-refractivity contribution in [1.29, 1.82) is 0 Å². The Labute approximate surface area is 214 Å². The molecule has 1 heterocycles. The van der Waals surface area contributed by atoms with Gasteiger partial charge in [0.2, 0.25) is 10.0 Å². The van der Waals surface area contributed by atoms with Crippen molar-refractivity contribution >= 4 is 39.4 Å². The molecule has 0 aromatic heterocycles. The highest BCUT2D eigenvalue weighted by atomic mass is 35.5. The van der Waals surface area contributed by atoms with Crippen molar-refractivity contribution in [1.82, 2.24) is 4.31 Å². The first kappa shape index (κ1) is 25.6. The van der Waals surface area contributed by atoms with Crippen LogP contribution in [0.5, 0.6) is 5.75 Å². The molecule has 0 aliphatic carbocycles. The van der Waals surface area contributed by atoms with Crippen LogP contribution in [0.4, 0.5) is 0 Å². The summed E-state index contributed by atoms with van der Waals surface area (Å²) in [6.45, 7) is -0.110. The number of methoxy groups -OCH3 is 1. The summed E-state index contributed by atoms with van der Waals surface area (Å²) in [6, 6.07) is 22.4. The molecule has 0 spiro atoms. The summed E-state index contributed by atoms with van der Waals surface area (Å²) >= 11 is 7.52. The molecular weight excluding hydrogens is 506 g/mol. The van der Waals surface area contributed by atoms with Crippen LogP contribution in [0, 0.1) is 5.92 Å². The number of nitrogens with zero attached hydrogens (tertiary/aromatic N) is 1. The lowest BCUT2D eigenvalue weighted by Crippen LogP contribution is -2.49. The fourth-order valence-corrected chi connectivity index (χ4v) is 7.42. The van der Waals surface area contributed by atoms with E-state index in [1.807, 2.05) is 24.3 Å². The first-order chi connectivity index (χ1) is 16.8. The minimum absolute atomic E-state index is 0.110. The number of carbonyl (C=O) groups is 1. The molecule has 3 atom stereocenters. The molecule has 3 aromatic carbocycles. The van der Waals surface area contributed by atoms with Gasteiger partial charge in [-0.2, -0.15) is 16.1 Å². The van der Waals surface area contributed by atoms with E-state index in [4.69, 9.17) is 16.3 Å². The average molecular weight is 532 g/mol. The molecule has 1 aliphatic heterocycles. The zero-order valence-corrected chi connectivity index (χ0v) is 21.5. The topological polar surface area (TPSA) is 83.9 Å². The highest BCUT2D eigenvalue weighted by Gasteiger charge is 2.45. The van der Waals surface area contributed by atoms with Gasteiger partial charge in [-0.1, -0.05) is 54.1 Å². The van der Waals surface area contributed by atoms with Crippen molar-refractivity contribution in [3.63, 3.8) is 0 Å². The maximum absolute atomic E-state index is 13.7. The molecule has 0 amide bonds. The van der Waals surface area contributed by atoms with Crippen molar-refractivity contribution in [3.8, 4) is 5.75 Å². The molecule has 3 aromatic rings. The molecule has 0 radical (unpaired) electrons. The number of piperidine rings is 1. The van der Waals surface area contributed by atoms with E-state index in [-0.39, 0.29) is 16.7 Å². The molecule has 1 N–H and O–H groups in total. The highest BCUT2D eigenvalue weighted by Crippen LogP contribution is 2.43. The Morgan fingerprint density at radius 1 is 1.06 bits per heavy atom. The zero-order valence-electron chi connectivity index (χ0n) is 19.1. The molecule has 184 valence electrons. The average Bonchev–Trinajstić information content (AvgIpc) is 2.88. The van der Waals surface area contributed by atoms with Gasteiger partial charge in [-0.3, -0.25) is 4.79 Å². The lowest BCUT2D eigenvalue weighted by atomic mass is 9.90. The van der Waals surface area contributed by atoms with Gasteiger partial charge in [-0.15, -0.1) is 0 Å². The van der Waals surface area contributed by atoms with Gasteiger partial charge in [-0.05, 0) is 53.9 Å². The normalized spacial score (nSPS) is 20.9. The van der Waals surface area contributed by atoms with Crippen molar-refractivity contribution < 1.29 is 23.1 Å². The van der Waals surface area contributed by atoms with Gasteiger partial charge >= 0.3 is 5.97 Å². The summed E-state index contributed by atoms with van der Waals surface area (Å²) in [4.78, 5) is 12.4. The first-order valence-electron chi connectivity index (χ1n) is 11.1.